The Balaban J connectivity index is 2.19. The Kier molecular flexibility index (Phi) is 4.43. The summed E-state index contributed by atoms with van der Waals surface area (Å²) in [5, 5.41) is 13.9. The van der Waals surface area contributed by atoms with Crippen molar-refractivity contribution in [1.82, 2.24) is 0 Å². The van der Waals surface area contributed by atoms with Gasteiger partial charge in [0.25, 0.3) is 0 Å². The summed E-state index contributed by atoms with van der Waals surface area (Å²) in [6.07, 6.45) is 0. The maximum atomic E-state index is 9.93. The van der Waals surface area contributed by atoms with Gasteiger partial charge in [0.05, 0.1) is 14.5 Å². The lowest BCUT2D eigenvalue weighted by Crippen LogP contribution is -1.98. The second-order valence-electron chi connectivity index (χ2n) is 3.75. The molecule has 6 heteroatoms. The van der Waals surface area contributed by atoms with Crippen LogP contribution in [0.5, 0.6) is 5.75 Å². The molecule has 0 spiro atoms. The molecule has 18 heavy (non-hydrogen) atoms. The van der Waals surface area contributed by atoms with Gasteiger partial charge in [-0.05, 0) is 46.6 Å². The fourth-order valence-corrected chi connectivity index (χ4v) is 3.35. The van der Waals surface area contributed by atoms with Gasteiger partial charge < -0.3 is 10.4 Å². The first-order chi connectivity index (χ1) is 8.49. The monoisotopic (exact) mass is 365 g/mol. The molecule has 0 saturated heterocycles. The Morgan fingerprint density at radius 1 is 1.39 bits per heavy atom. The van der Waals surface area contributed by atoms with Crippen molar-refractivity contribution >= 4 is 56.2 Å². The van der Waals surface area contributed by atoms with E-state index in [1.54, 1.807) is 24.3 Å². The summed E-state index contributed by atoms with van der Waals surface area (Å²) in [6, 6.07) is 5.67. The molecule has 0 unspecified atom stereocenters. The molecular weight excluding hydrogens is 357 g/mol. The third kappa shape index (κ3) is 2.94. The molecule has 0 aliphatic carbocycles. The van der Waals surface area contributed by atoms with Gasteiger partial charge in [0.15, 0.2) is 5.75 Å². The molecule has 0 radical (unpaired) electrons. The van der Waals surface area contributed by atoms with Gasteiger partial charge in [-0.3, -0.25) is 0 Å². The zero-order valence-corrected chi connectivity index (χ0v) is 13.3. The third-order valence-corrected chi connectivity index (χ3v) is 4.98. The van der Waals surface area contributed by atoms with E-state index in [-0.39, 0.29) is 10.8 Å². The van der Waals surface area contributed by atoms with Gasteiger partial charge in [-0.2, -0.15) is 0 Å². The standard InChI is InChI=1S/C12H10BrCl2NOS/c1-6-8(14)4-9(12(17)11(6)15)16-5-7-2-3-10(13)18-7/h2-4,16-17H,5H2,1H3. The molecule has 0 fully saturated rings. The molecule has 0 bridgehead atoms. The molecule has 0 aliphatic rings. The summed E-state index contributed by atoms with van der Waals surface area (Å²) in [4.78, 5) is 1.15. The summed E-state index contributed by atoms with van der Waals surface area (Å²) in [7, 11) is 0. The number of hydrogen-bond acceptors (Lipinski definition) is 3. The number of thiophene rings is 1. The second kappa shape index (κ2) is 5.70. The summed E-state index contributed by atoms with van der Waals surface area (Å²) in [5.41, 5.74) is 1.22. The lowest BCUT2D eigenvalue weighted by Gasteiger charge is -2.11. The van der Waals surface area contributed by atoms with E-state index in [4.69, 9.17) is 23.2 Å². The van der Waals surface area contributed by atoms with E-state index in [1.165, 1.54) is 0 Å². The van der Waals surface area contributed by atoms with Gasteiger partial charge in [0, 0.05) is 16.4 Å². The fourth-order valence-electron chi connectivity index (χ4n) is 1.47. The molecule has 1 heterocycles. The lowest BCUT2D eigenvalue weighted by molar-refractivity contribution is 0.477. The van der Waals surface area contributed by atoms with E-state index >= 15 is 0 Å². The van der Waals surface area contributed by atoms with Crippen LogP contribution < -0.4 is 5.32 Å². The number of phenolic OH excluding ortho intramolecular Hbond substituents is 1. The van der Waals surface area contributed by atoms with E-state index in [9.17, 15) is 5.11 Å². The number of rotatable bonds is 3. The van der Waals surface area contributed by atoms with Crippen LogP contribution in [-0.2, 0) is 6.54 Å². The predicted molar refractivity (Wildman–Crippen MR) is 82.2 cm³/mol. The summed E-state index contributed by atoms with van der Waals surface area (Å²) in [5.74, 6) is 0.0363. The topological polar surface area (TPSA) is 32.3 Å². The first-order valence-corrected chi connectivity index (χ1v) is 7.51. The van der Waals surface area contributed by atoms with Crippen molar-refractivity contribution in [2.75, 3.05) is 5.32 Å². The number of halogens is 3. The fraction of sp³-hybridized carbons (Fsp3) is 0.167. The number of hydrogen-bond donors (Lipinski definition) is 2. The minimum atomic E-state index is 0.0363. The second-order valence-corrected chi connectivity index (χ2v) is 7.09. The minimum absolute atomic E-state index is 0.0363. The van der Waals surface area contributed by atoms with Gasteiger partial charge in [-0.25, -0.2) is 0 Å². The van der Waals surface area contributed by atoms with E-state index in [0.717, 1.165) is 8.66 Å². The van der Waals surface area contributed by atoms with Gasteiger partial charge in [0.1, 0.15) is 0 Å². The van der Waals surface area contributed by atoms with Gasteiger partial charge in [-0.1, -0.05) is 23.2 Å². The molecule has 0 saturated carbocycles. The number of aromatic hydroxyl groups is 1. The van der Waals surface area contributed by atoms with Crippen LogP contribution in [0.4, 0.5) is 5.69 Å². The third-order valence-electron chi connectivity index (χ3n) is 2.50. The maximum Gasteiger partial charge on any atom is 0.157 e. The molecule has 2 aromatic rings. The Hall–Kier alpha value is -0.420. The first kappa shape index (κ1) is 14.0. The highest BCUT2D eigenvalue weighted by atomic mass is 79.9. The van der Waals surface area contributed by atoms with Crippen molar-refractivity contribution in [3.63, 3.8) is 0 Å². The van der Waals surface area contributed by atoms with E-state index in [2.05, 4.69) is 21.2 Å². The van der Waals surface area contributed by atoms with Crippen LogP contribution in [0.15, 0.2) is 22.0 Å². The number of phenols is 1. The first-order valence-electron chi connectivity index (χ1n) is 5.14. The molecule has 1 aromatic carbocycles. The predicted octanol–water partition coefficient (Wildman–Crippen LogP) is 5.44. The minimum Gasteiger partial charge on any atom is -0.504 e. The van der Waals surface area contributed by atoms with E-state index in [0.29, 0.717) is 22.8 Å². The molecule has 96 valence electrons. The highest BCUT2D eigenvalue weighted by Gasteiger charge is 2.12. The van der Waals surface area contributed by atoms with Crippen molar-refractivity contribution in [2.24, 2.45) is 0 Å². The van der Waals surface area contributed by atoms with Crippen molar-refractivity contribution in [1.29, 1.82) is 0 Å². The van der Waals surface area contributed by atoms with Crippen LogP contribution in [0, 0.1) is 6.92 Å². The Morgan fingerprint density at radius 2 is 2.11 bits per heavy atom. The smallest absolute Gasteiger partial charge is 0.157 e. The maximum absolute atomic E-state index is 9.93. The Bertz CT molecular complexity index is 586. The molecule has 0 aliphatic heterocycles. The SMILES string of the molecule is Cc1c(Cl)cc(NCc2ccc(Br)s2)c(O)c1Cl. The van der Waals surface area contributed by atoms with Gasteiger partial charge in [0.2, 0.25) is 0 Å². The zero-order chi connectivity index (χ0) is 13.3. The normalized spacial score (nSPS) is 10.7. The van der Waals surface area contributed by atoms with Crippen molar-refractivity contribution in [2.45, 2.75) is 13.5 Å². The zero-order valence-electron chi connectivity index (χ0n) is 9.43. The van der Waals surface area contributed by atoms with Gasteiger partial charge >= 0.3 is 0 Å². The average Bonchev–Trinajstić information content (AvgIpc) is 2.75. The van der Waals surface area contributed by atoms with Crippen LogP contribution >= 0.6 is 50.5 Å². The Labute approximate surface area is 128 Å². The average molecular weight is 367 g/mol. The number of nitrogens with one attached hydrogen (secondary N) is 1. The van der Waals surface area contributed by atoms with Crippen LogP contribution in [-0.4, -0.2) is 5.11 Å². The largest absolute Gasteiger partial charge is 0.504 e. The molecule has 1 aromatic heterocycles. The summed E-state index contributed by atoms with van der Waals surface area (Å²) in [6.45, 7) is 2.38. The van der Waals surface area contributed by atoms with E-state index in [1.807, 2.05) is 12.1 Å². The van der Waals surface area contributed by atoms with Crippen LogP contribution in [0.1, 0.15) is 10.4 Å². The quantitative estimate of drug-likeness (QED) is 0.708. The highest BCUT2D eigenvalue weighted by molar-refractivity contribution is 9.11. The van der Waals surface area contributed by atoms with Crippen LogP contribution in [0.25, 0.3) is 0 Å². The molecule has 0 amide bonds. The van der Waals surface area contributed by atoms with Crippen molar-refractivity contribution < 1.29 is 5.11 Å². The lowest BCUT2D eigenvalue weighted by atomic mass is 10.2. The van der Waals surface area contributed by atoms with E-state index < -0.39 is 0 Å². The van der Waals surface area contributed by atoms with Gasteiger partial charge in [-0.15, -0.1) is 11.3 Å². The molecule has 2 rings (SSSR count). The molecular formula is C12H10BrCl2NOS. The van der Waals surface area contributed by atoms with Crippen LogP contribution in [0.3, 0.4) is 0 Å². The molecule has 2 N–H and O–H groups in total. The Morgan fingerprint density at radius 3 is 2.72 bits per heavy atom. The summed E-state index contributed by atoms with van der Waals surface area (Å²) < 4.78 is 1.07. The highest BCUT2D eigenvalue weighted by Crippen LogP contribution is 2.39. The van der Waals surface area contributed by atoms with Crippen molar-refractivity contribution in [3.05, 3.63) is 42.5 Å². The van der Waals surface area contributed by atoms with Crippen molar-refractivity contribution in [3.8, 4) is 5.75 Å². The molecule has 2 nitrogen and oxygen atoms in total. The summed E-state index contributed by atoms with van der Waals surface area (Å²) >= 11 is 17.1. The molecule has 0 atom stereocenters. The number of anilines is 1. The number of benzene rings is 1. The van der Waals surface area contributed by atoms with Crippen LogP contribution in [0.2, 0.25) is 10.0 Å².